The van der Waals surface area contributed by atoms with Gasteiger partial charge in [0.15, 0.2) is 17.5 Å². The van der Waals surface area contributed by atoms with Crippen molar-refractivity contribution in [2.24, 2.45) is 9.98 Å². The van der Waals surface area contributed by atoms with Gasteiger partial charge < -0.3 is 9.80 Å². The maximum atomic E-state index is 14.8. The van der Waals surface area contributed by atoms with Crippen molar-refractivity contribution >= 4 is 23.0 Å². The normalized spacial score (nSPS) is 20.3. The number of alkyl halides is 3. The van der Waals surface area contributed by atoms with Crippen molar-refractivity contribution in [3.8, 4) is 0 Å². The lowest BCUT2D eigenvalue weighted by Crippen LogP contribution is -2.53. The Morgan fingerprint density at radius 3 is 2.43 bits per heavy atom. The number of anilines is 1. The Morgan fingerprint density at radius 2 is 1.79 bits per heavy atom. The van der Waals surface area contributed by atoms with Crippen LogP contribution in [0.15, 0.2) is 33.9 Å². The zero-order chi connectivity index (χ0) is 20.1. The molecule has 4 rings (SSSR count). The number of piperazine rings is 1. The Balaban J connectivity index is 1.85. The molecule has 1 saturated heterocycles. The first-order chi connectivity index (χ1) is 13.3. The first kappa shape index (κ1) is 18.9. The van der Waals surface area contributed by atoms with E-state index >= 15 is 0 Å². The number of nitrogens with zero attached hydrogens (tertiary/aromatic N) is 5. The van der Waals surface area contributed by atoms with Crippen molar-refractivity contribution in [1.29, 1.82) is 0 Å². The molecule has 0 atom stereocenters. The van der Waals surface area contributed by atoms with Crippen LogP contribution in [0.2, 0.25) is 0 Å². The zero-order valence-corrected chi connectivity index (χ0v) is 15.7. The number of likely N-dealkylation sites (N-methyl/N-ethyl adjacent to an activating group) is 1. The Morgan fingerprint density at radius 1 is 1.07 bits per heavy atom. The van der Waals surface area contributed by atoms with Crippen molar-refractivity contribution in [3.63, 3.8) is 0 Å². The van der Waals surface area contributed by atoms with E-state index in [2.05, 4.69) is 14.9 Å². The van der Waals surface area contributed by atoms with Gasteiger partial charge in [0.1, 0.15) is 5.69 Å². The lowest BCUT2D eigenvalue weighted by molar-refractivity contribution is -0.139. The highest BCUT2D eigenvalue weighted by molar-refractivity contribution is 6.47. The molecular weight excluding hydrogens is 374 g/mol. The smallest absolute Gasteiger partial charge is 0.351 e. The van der Waals surface area contributed by atoms with Gasteiger partial charge in [0.2, 0.25) is 0 Å². The molecule has 5 nitrogen and oxygen atoms in total. The second-order valence-corrected chi connectivity index (χ2v) is 7.17. The molecule has 0 unspecified atom stereocenters. The average molecular weight is 395 g/mol. The van der Waals surface area contributed by atoms with Crippen LogP contribution < -0.4 is 4.90 Å². The summed E-state index contributed by atoms with van der Waals surface area (Å²) in [5.41, 5.74) is -0.275. The SMILES string of the molecule is CCC1=CN2C(=NC1)C(N1CCN(C)CC1)=Nc1c2ccc(C(F)(F)F)c1F. The van der Waals surface area contributed by atoms with Gasteiger partial charge in [0.05, 0.1) is 17.8 Å². The average Bonchev–Trinajstić information content (AvgIpc) is 2.67. The molecular formula is C19H21F4N5. The van der Waals surface area contributed by atoms with Crippen LogP contribution in [0.25, 0.3) is 0 Å². The number of hydrogen-bond donors (Lipinski definition) is 0. The molecule has 0 saturated carbocycles. The molecule has 1 fully saturated rings. The van der Waals surface area contributed by atoms with E-state index in [1.807, 2.05) is 25.1 Å². The minimum atomic E-state index is -4.77. The van der Waals surface area contributed by atoms with E-state index in [9.17, 15) is 17.6 Å². The molecule has 0 aliphatic carbocycles. The molecule has 150 valence electrons. The number of halogens is 4. The molecule has 0 N–H and O–H groups in total. The predicted molar refractivity (Wildman–Crippen MR) is 101 cm³/mol. The summed E-state index contributed by atoms with van der Waals surface area (Å²) in [4.78, 5) is 14.8. The van der Waals surface area contributed by atoms with Gasteiger partial charge in [-0.1, -0.05) is 6.92 Å². The van der Waals surface area contributed by atoms with E-state index in [-0.39, 0.29) is 11.4 Å². The highest BCUT2D eigenvalue weighted by Crippen LogP contribution is 2.43. The van der Waals surface area contributed by atoms with Crippen LogP contribution in [0.3, 0.4) is 0 Å². The number of fused-ring (bicyclic) bond motifs is 3. The fourth-order valence-electron chi connectivity index (χ4n) is 3.56. The van der Waals surface area contributed by atoms with E-state index in [1.54, 1.807) is 4.90 Å². The van der Waals surface area contributed by atoms with Gasteiger partial charge in [-0.2, -0.15) is 13.2 Å². The van der Waals surface area contributed by atoms with Crippen molar-refractivity contribution in [3.05, 3.63) is 35.3 Å². The Kier molecular flexibility index (Phi) is 4.65. The molecule has 3 aliphatic heterocycles. The van der Waals surface area contributed by atoms with Gasteiger partial charge >= 0.3 is 6.18 Å². The van der Waals surface area contributed by atoms with Gasteiger partial charge in [-0.15, -0.1) is 0 Å². The van der Waals surface area contributed by atoms with Crippen molar-refractivity contribution < 1.29 is 17.6 Å². The topological polar surface area (TPSA) is 34.4 Å². The summed E-state index contributed by atoms with van der Waals surface area (Å²) in [5, 5.41) is 0. The number of amidine groups is 2. The molecule has 0 aromatic heterocycles. The summed E-state index contributed by atoms with van der Waals surface area (Å²) >= 11 is 0. The molecule has 1 aromatic carbocycles. The van der Waals surface area contributed by atoms with E-state index in [0.29, 0.717) is 31.3 Å². The fourth-order valence-corrected chi connectivity index (χ4v) is 3.56. The highest BCUT2D eigenvalue weighted by Gasteiger charge is 2.39. The van der Waals surface area contributed by atoms with Gasteiger partial charge in [-0.05, 0) is 31.2 Å². The maximum Gasteiger partial charge on any atom is 0.419 e. The van der Waals surface area contributed by atoms with Crippen LogP contribution in [0.4, 0.5) is 28.9 Å². The second-order valence-electron chi connectivity index (χ2n) is 7.17. The number of aliphatic imine (C=N–C) groups is 2. The molecule has 0 spiro atoms. The van der Waals surface area contributed by atoms with Gasteiger partial charge in [0.25, 0.3) is 0 Å². The minimum Gasteiger partial charge on any atom is -0.351 e. The Hall–Kier alpha value is -2.42. The maximum absolute atomic E-state index is 14.8. The molecule has 3 aliphatic rings. The predicted octanol–water partition coefficient (Wildman–Crippen LogP) is 3.65. The molecule has 9 heteroatoms. The summed E-state index contributed by atoms with van der Waals surface area (Å²) in [6.07, 6.45) is -2.17. The van der Waals surface area contributed by atoms with Crippen LogP contribution in [0.1, 0.15) is 18.9 Å². The molecule has 28 heavy (non-hydrogen) atoms. The summed E-state index contributed by atoms with van der Waals surface area (Å²) in [6, 6.07) is 2.05. The summed E-state index contributed by atoms with van der Waals surface area (Å²) < 4.78 is 54.5. The zero-order valence-electron chi connectivity index (χ0n) is 15.7. The molecule has 0 amide bonds. The summed E-state index contributed by atoms with van der Waals surface area (Å²) in [6.45, 7) is 5.39. The summed E-state index contributed by atoms with van der Waals surface area (Å²) in [5.74, 6) is -0.341. The number of rotatable bonds is 1. The van der Waals surface area contributed by atoms with E-state index in [4.69, 9.17) is 0 Å². The second kappa shape index (κ2) is 6.88. The van der Waals surface area contributed by atoms with Crippen molar-refractivity contribution in [1.82, 2.24) is 9.80 Å². The van der Waals surface area contributed by atoms with Crippen LogP contribution in [-0.4, -0.2) is 61.2 Å². The quantitative estimate of drug-likeness (QED) is 0.681. The standard InChI is InChI=1S/C19H21F4N5/c1-3-12-10-24-17-18(27-8-6-26(2)7-9-27)25-16-14(28(17)11-12)5-4-13(15(16)20)19(21,22)23/h4-5,11H,3,6-10H2,1-2H3. The molecule has 3 heterocycles. The van der Waals surface area contributed by atoms with Gasteiger partial charge in [0, 0.05) is 32.4 Å². The van der Waals surface area contributed by atoms with E-state index in [1.165, 1.54) is 6.07 Å². The molecule has 1 aromatic rings. The highest BCUT2D eigenvalue weighted by atomic mass is 19.4. The van der Waals surface area contributed by atoms with Crippen molar-refractivity contribution in [2.75, 3.05) is 44.7 Å². The third kappa shape index (κ3) is 3.17. The number of benzene rings is 1. The number of hydrogen-bond acceptors (Lipinski definition) is 5. The lowest BCUT2D eigenvalue weighted by atomic mass is 10.1. The molecule has 0 bridgehead atoms. The first-order valence-corrected chi connectivity index (χ1v) is 9.25. The van der Waals surface area contributed by atoms with Crippen LogP contribution in [0, 0.1) is 5.82 Å². The van der Waals surface area contributed by atoms with Crippen LogP contribution in [0.5, 0.6) is 0 Å². The van der Waals surface area contributed by atoms with Crippen molar-refractivity contribution in [2.45, 2.75) is 19.5 Å². The van der Waals surface area contributed by atoms with Crippen LogP contribution in [-0.2, 0) is 6.18 Å². The fraction of sp³-hybridized carbons (Fsp3) is 0.474. The lowest BCUT2D eigenvalue weighted by Gasteiger charge is -2.40. The first-order valence-electron chi connectivity index (χ1n) is 9.25. The monoisotopic (exact) mass is 395 g/mol. The van der Waals surface area contributed by atoms with Crippen LogP contribution >= 0.6 is 0 Å². The Bertz CT molecular complexity index is 879. The van der Waals surface area contributed by atoms with E-state index < -0.39 is 17.6 Å². The van der Waals surface area contributed by atoms with E-state index in [0.717, 1.165) is 31.1 Å². The third-order valence-corrected chi connectivity index (χ3v) is 5.31. The minimum absolute atomic E-state index is 0.281. The Labute approximate surface area is 160 Å². The van der Waals surface area contributed by atoms with Gasteiger partial charge in [-0.3, -0.25) is 9.89 Å². The summed E-state index contributed by atoms with van der Waals surface area (Å²) in [7, 11) is 2.01. The third-order valence-electron chi connectivity index (χ3n) is 5.31. The van der Waals surface area contributed by atoms with Gasteiger partial charge in [-0.25, -0.2) is 9.38 Å². The largest absolute Gasteiger partial charge is 0.419 e. The molecule has 0 radical (unpaired) electrons.